The average Bonchev–Trinajstić information content (AvgIpc) is 2.71. The number of ether oxygens (including phenoxy) is 1. The van der Waals surface area contributed by atoms with E-state index in [4.69, 9.17) is 4.74 Å². The van der Waals surface area contributed by atoms with Crippen molar-refractivity contribution in [3.05, 3.63) is 21.9 Å². The van der Waals surface area contributed by atoms with E-state index in [1.165, 1.54) is 9.75 Å². The van der Waals surface area contributed by atoms with Crippen LogP contribution in [0.4, 0.5) is 0 Å². The molecule has 1 fully saturated rings. The first kappa shape index (κ1) is 9.19. The molecule has 2 rings (SSSR count). The van der Waals surface area contributed by atoms with Gasteiger partial charge in [0.05, 0.1) is 12.1 Å². The molecule has 1 aliphatic heterocycles. The maximum Gasteiger partial charge on any atom is 0.0786 e. The van der Waals surface area contributed by atoms with Crippen LogP contribution >= 0.6 is 11.3 Å². The van der Waals surface area contributed by atoms with Crippen molar-refractivity contribution in [3.63, 3.8) is 0 Å². The Hall–Kier alpha value is -0.380. The molecule has 13 heavy (non-hydrogen) atoms. The predicted molar refractivity (Wildman–Crippen MR) is 55.2 cm³/mol. The second kappa shape index (κ2) is 3.78. The molecule has 0 saturated carbocycles. The zero-order valence-electron chi connectivity index (χ0n) is 8.04. The first-order valence-corrected chi connectivity index (χ1v) is 5.45. The van der Waals surface area contributed by atoms with Gasteiger partial charge in [-0.1, -0.05) is 0 Å². The summed E-state index contributed by atoms with van der Waals surface area (Å²) >= 11 is 1.86. The Morgan fingerprint density at radius 1 is 1.54 bits per heavy atom. The van der Waals surface area contributed by atoms with Gasteiger partial charge in [0.15, 0.2) is 0 Å². The van der Waals surface area contributed by atoms with Gasteiger partial charge in [-0.05, 0) is 32.0 Å². The van der Waals surface area contributed by atoms with E-state index < -0.39 is 0 Å². The summed E-state index contributed by atoms with van der Waals surface area (Å²) in [6, 6.07) is 4.80. The van der Waals surface area contributed by atoms with Gasteiger partial charge in [-0.2, -0.15) is 0 Å². The van der Waals surface area contributed by atoms with Crippen molar-refractivity contribution in [1.29, 1.82) is 0 Å². The molecule has 1 saturated heterocycles. The lowest BCUT2D eigenvalue weighted by Crippen LogP contribution is -2.21. The topological polar surface area (TPSA) is 21.3 Å². The minimum Gasteiger partial charge on any atom is -0.379 e. The van der Waals surface area contributed by atoms with Crippen molar-refractivity contribution in [2.45, 2.75) is 25.5 Å². The van der Waals surface area contributed by atoms with E-state index in [1.54, 1.807) is 7.11 Å². The molecule has 0 aromatic carbocycles. The van der Waals surface area contributed by atoms with E-state index in [-0.39, 0.29) is 0 Å². The van der Waals surface area contributed by atoms with Crippen LogP contribution in [0.15, 0.2) is 12.1 Å². The SMILES string of the molecule is CO[C@@H]1CCNC1c1ccc(C)s1. The third-order valence-electron chi connectivity index (χ3n) is 2.54. The summed E-state index contributed by atoms with van der Waals surface area (Å²) in [5, 5.41) is 3.47. The highest BCUT2D eigenvalue weighted by molar-refractivity contribution is 7.12. The minimum absolute atomic E-state index is 0.359. The monoisotopic (exact) mass is 197 g/mol. The zero-order chi connectivity index (χ0) is 9.26. The summed E-state index contributed by atoms with van der Waals surface area (Å²) in [6.45, 7) is 3.21. The van der Waals surface area contributed by atoms with Crippen LogP contribution in [0.3, 0.4) is 0 Å². The second-order valence-electron chi connectivity index (χ2n) is 3.44. The van der Waals surface area contributed by atoms with E-state index >= 15 is 0 Å². The zero-order valence-corrected chi connectivity index (χ0v) is 8.86. The highest BCUT2D eigenvalue weighted by Gasteiger charge is 2.28. The summed E-state index contributed by atoms with van der Waals surface area (Å²) < 4.78 is 5.43. The van der Waals surface area contributed by atoms with Crippen molar-refractivity contribution in [1.82, 2.24) is 5.32 Å². The smallest absolute Gasteiger partial charge is 0.0786 e. The van der Waals surface area contributed by atoms with Crippen LogP contribution in [0, 0.1) is 6.92 Å². The highest BCUT2D eigenvalue weighted by atomic mass is 32.1. The molecule has 0 bridgehead atoms. The molecule has 1 aromatic rings. The normalized spacial score (nSPS) is 28.2. The summed E-state index contributed by atoms with van der Waals surface area (Å²) in [4.78, 5) is 2.78. The van der Waals surface area contributed by atoms with Crippen LogP contribution in [0.5, 0.6) is 0 Å². The average molecular weight is 197 g/mol. The molecule has 0 aliphatic carbocycles. The number of thiophene rings is 1. The number of nitrogens with one attached hydrogen (secondary N) is 1. The van der Waals surface area contributed by atoms with E-state index in [1.807, 2.05) is 11.3 Å². The minimum atomic E-state index is 0.359. The largest absolute Gasteiger partial charge is 0.379 e. The third-order valence-corrected chi connectivity index (χ3v) is 3.62. The lowest BCUT2D eigenvalue weighted by molar-refractivity contribution is 0.0929. The van der Waals surface area contributed by atoms with Crippen molar-refractivity contribution >= 4 is 11.3 Å². The quantitative estimate of drug-likeness (QED) is 0.784. The molecular weight excluding hydrogens is 182 g/mol. The Balaban J connectivity index is 2.15. The Bertz CT molecular complexity index is 284. The summed E-state index contributed by atoms with van der Waals surface area (Å²) in [5.41, 5.74) is 0. The number of rotatable bonds is 2. The molecule has 72 valence electrons. The van der Waals surface area contributed by atoms with E-state index in [0.717, 1.165) is 13.0 Å². The number of methoxy groups -OCH3 is 1. The summed E-state index contributed by atoms with van der Waals surface area (Å²) in [5.74, 6) is 0. The van der Waals surface area contributed by atoms with Crippen molar-refractivity contribution < 1.29 is 4.74 Å². The van der Waals surface area contributed by atoms with Crippen LogP contribution in [-0.2, 0) is 4.74 Å². The molecule has 2 atom stereocenters. The lowest BCUT2D eigenvalue weighted by Gasteiger charge is -2.16. The van der Waals surface area contributed by atoms with Gasteiger partial charge in [-0.3, -0.25) is 0 Å². The van der Waals surface area contributed by atoms with Gasteiger partial charge >= 0.3 is 0 Å². The molecule has 1 N–H and O–H groups in total. The molecule has 3 heteroatoms. The van der Waals surface area contributed by atoms with Gasteiger partial charge in [0, 0.05) is 16.9 Å². The molecule has 2 heterocycles. The maximum absolute atomic E-state index is 5.43. The van der Waals surface area contributed by atoms with Gasteiger partial charge in [0.2, 0.25) is 0 Å². The molecule has 1 aliphatic rings. The fourth-order valence-electron chi connectivity index (χ4n) is 1.84. The Labute approximate surface area is 82.9 Å². The fraction of sp³-hybridized carbons (Fsp3) is 0.600. The molecule has 0 spiro atoms. The Morgan fingerprint density at radius 3 is 3.00 bits per heavy atom. The highest BCUT2D eigenvalue weighted by Crippen LogP contribution is 2.30. The molecule has 2 nitrogen and oxygen atoms in total. The number of hydrogen-bond donors (Lipinski definition) is 1. The Morgan fingerprint density at radius 2 is 2.38 bits per heavy atom. The third kappa shape index (κ3) is 1.77. The van der Waals surface area contributed by atoms with E-state index in [0.29, 0.717) is 12.1 Å². The molecule has 0 amide bonds. The number of aryl methyl sites for hydroxylation is 1. The lowest BCUT2D eigenvalue weighted by atomic mass is 10.1. The maximum atomic E-state index is 5.43. The van der Waals surface area contributed by atoms with Crippen molar-refractivity contribution in [3.8, 4) is 0 Å². The second-order valence-corrected chi connectivity index (χ2v) is 4.76. The molecule has 0 radical (unpaired) electrons. The van der Waals surface area contributed by atoms with Crippen molar-refractivity contribution in [2.24, 2.45) is 0 Å². The Kier molecular flexibility index (Phi) is 2.67. The van der Waals surface area contributed by atoms with Gasteiger partial charge in [-0.15, -0.1) is 11.3 Å². The van der Waals surface area contributed by atoms with Gasteiger partial charge < -0.3 is 10.1 Å². The predicted octanol–water partition coefficient (Wildman–Crippen LogP) is 2.11. The van der Waals surface area contributed by atoms with Crippen molar-refractivity contribution in [2.75, 3.05) is 13.7 Å². The standard InChI is InChI=1S/C10H15NOS/c1-7-3-4-9(13-7)10-8(12-2)5-6-11-10/h3-4,8,10-11H,5-6H2,1-2H3/t8-,10?/m1/s1. The molecular formula is C10H15NOS. The van der Waals surface area contributed by atoms with Gasteiger partial charge in [-0.25, -0.2) is 0 Å². The van der Waals surface area contributed by atoms with Crippen LogP contribution < -0.4 is 5.32 Å². The fourth-order valence-corrected chi connectivity index (χ4v) is 2.84. The molecule has 1 unspecified atom stereocenters. The van der Waals surface area contributed by atoms with Crippen LogP contribution in [-0.4, -0.2) is 19.8 Å². The van der Waals surface area contributed by atoms with Crippen LogP contribution in [0.25, 0.3) is 0 Å². The molecule has 1 aromatic heterocycles. The summed E-state index contributed by atoms with van der Waals surface area (Å²) in [7, 11) is 1.80. The number of hydrogen-bond acceptors (Lipinski definition) is 3. The van der Waals surface area contributed by atoms with E-state index in [9.17, 15) is 0 Å². The van der Waals surface area contributed by atoms with Crippen LogP contribution in [0.1, 0.15) is 22.2 Å². The first-order valence-electron chi connectivity index (χ1n) is 4.64. The first-order chi connectivity index (χ1) is 6.31. The van der Waals surface area contributed by atoms with Crippen LogP contribution in [0.2, 0.25) is 0 Å². The van der Waals surface area contributed by atoms with E-state index in [2.05, 4.69) is 24.4 Å². The van der Waals surface area contributed by atoms with Gasteiger partial charge in [0.1, 0.15) is 0 Å². The summed E-state index contributed by atoms with van der Waals surface area (Å²) in [6.07, 6.45) is 1.48. The van der Waals surface area contributed by atoms with Gasteiger partial charge in [0.25, 0.3) is 0 Å².